The van der Waals surface area contributed by atoms with Crippen molar-refractivity contribution in [3.05, 3.63) is 102 Å². The summed E-state index contributed by atoms with van der Waals surface area (Å²) in [6.45, 7) is 2.21. The van der Waals surface area contributed by atoms with Crippen LogP contribution in [0.4, 0.5) is 4.79 Å². The summed E-state index contributed by atoms with van der Waals surface area (Å²) >= 11 is 0. The van der Waals surface area contributed by atoms with Gasteiger partial charge in [0, 0.05) is 32.4 Å². The van der Waals surface area contributed by atoms with Gasteiger partial charge in [-0.05, 0) is 36.1 Å². The number of likely N-dealkylation sites (tertiary alicyclic amines) is 1. The summed E-state index contributed by atoms with van der Waals surface area (Å²) in [6.07, 6.45) is 2.85. The van der Waals surface area contributed by atoms with E-state index in [0.29, 0.717) is 43.7 Å². The van der Waals surface area contributed by atoms with E-state index in [1.165, 1.54) is 4.90 Å². The minimum Gasteiger partial charge on any atom is -0.385 e. The maximum absolute atomic E-state index is 13.7. The molecule has 0 bridgehead atoms. The highest BCUT2D eigenvalue weighted by atomic mass is 16.3. The van der Waals surface area contributed by atoms with E-state index in [2.05, 4.69) is 15.2 Å². The molecule has 2 aliphatic rings. The van der Waals surface area contributed by atoms with E-state index in [-0.39, 0.29) is 12.5 Å². The van der Waals surface area contributed by atoms with E-state index >= 15 is 0 Å². The average molecular weight is 457 g/mol. The molecule has 2 aromatic carbocycles. The van der Waals surface area contributed by atoms with Gasteiger partial charge in [-0.15, -0.1) is 0 Å². The van der Waals surface area contributed by atoms with Crippen LogP contribution in [0, 0.1) is 0 Å². The first-order valence-corrected chi connectivity index (χ1v) is 11.6. The topological polar surface area (TPSA) is 85.8 Å². The number of nitrogens with zero attached hydrogens (tertiary/aromatic N) is 3. The van der Waals surface area contributed by atoms with Crippen molar-refractivity contribution in [3.63, 3.8) is 0 Å². The predicted molar refractivity (Wildman–Crippen MR) is 128 cm³/mol. The number of aliphatic hydroxyl groups is 1. The van der Waals surface area contributed by atoms with E-state index in [4.69, 9.17) is 0 Å². The van der Waals surface area contributed by atoms with Crippen molar-refractivity contribution in [1.82, 2.24) is 20.1 Å². The Balaban J connectivity index is 1.30. The average Bonchev–Trinajstić information content (AvgIpc) is 3.15. The molecule has 5 rings (SSSR count). The van der Waals surface area contributed by atoms with Gasteiger partial charge in [-0.2, -0.15) is 0 Å². The fourth-order valence-electron chi connectivity index (χ4n) is 4.99. The lowest BCUT2D eigenvalue weighted by molar-refractivity contribution is -0.130. The van der Waals surface area contributed by atoms with Crippen LogP contribution in [0.3, 0.4) is 0 Å². The SMILES string of the molecule is O=C1NC(c2ccccc2)(c2ccccn2)C(=O)N1CCN1CCC(O)(c2ccccc2)CC1. The molecule has 1 atom stereocenters. The van der Waals surface area contributed by atoms with Crippen LogP contribution in [0.5, 0.6) is 0 Å². The smallest absolute Gasteiger partial charge is 0.325 e. The Bertz CT molecular complexity index is 1110. The molecule has 1 aromatic heterocycles. The van der Waals surface area contributed by atoms with Crippen molar-refractivity contribution < 1.29 is 14.7 Å². The number of hydrogen-bond acceptors (Lipinski definition) is 5. The summed E-state index contributed by atoms with van der Waals surface area (Å²) in [5.74, 6) is -0.319. The number of amides is 3. The Morgan fingerprint density at radius 1 is 0.824 bits per heavy atom. The van der Waals surface area contributed by atoms with Crippen molar-refractivity contribution in [2.24, 2.45) is 0 Å². The van der Waals surface area contributed by atoms with Gasteiger partial charge in [0.15, 0.2) is 5.54 Å². The summed E-state index contributed by atoms with van der Waals surface area (Å²) in [4.78, 5) is 34.7. The van der Waals surface area contributed by atoms with Gasteiger partial charge in [-0.25, -0.2) is 4.79 Å². The molecule has 0 saturated carbocycles. The largest absolute Gasteiger partial charge is 0.385 e. The maximum atomic E-state index is 13.7. The van der Waals surface area contributed by atoms with Crippen molar-refractivity contribution >= 4 is 11.9 Å². The van der Waals surface area contributed by atoms with Gasteiger partial charge in [0.25, 0.3) is 5.91 Å². The van der Waals surface area contributed by atoms with Crippen LogP contribution < -0.4 is 5.32 Å². The molecule has 2 fully saturated rings. The number of nitrogens with one attached hydrogen (secondary N) is 1. The van der Waals surface area contributed by atoms with Crippen LogP contribution in [-0.4, -0.2) is 58.0 Å². The van der Waals surface area contributed by atoms with Crippen LogP contribution in [0.2, 0.25) is 0 Å². The third-order valence-electron chi connectivity index (χ3n) is 7.00. The molecule has 0 radical (unpaired) electrons. The molecule has 0 aliphatic carbocycles. The Hall–Kier alpha value is -3.55. The molecule has 2 aliphatic heterocycles. The number of pyridine rings is 1. The standard InChI is InChI=1S/C27H28N4O3/c32-24-27(22-11-5-2-6-12-22,23-13-7-8-16-28-23)29-25(33)31(24)20-19-30-17-14-26(34,15-18-30)21-9-3-1-4-10-21/h1-13,16,34H,14-15,17-20H2,(H,29,33). The van der Waals surface area contributed by atoms with Crippen LogP contribution in [-0.2, 0) is 15.9 Å². The minimum absolute atomic E-state index is 0.274. The summed E-state index contributed by atoms with van der Waals surface area (Å²) in [5.41, 5.74) is -0.0603. The molecular formula is C27H28N4O3. The van der Waals surface area contributed by atoms with E-state index in [9.17, 15) is 14.7 Å². The van der Waals surface area contributed by atoms with E-state index < -0.39 is 17.2 Å². The number of piperidine rings is 1. The van der Waals surface area contributed by atoms with Crippen molar-refractivity contribution in [2.75, 3.05) is 26.2 Å². The second-order valence-corrected chi connectivity index (χ2v) is 8.96. The fraction of sp³-hybridized carbons (Fsp3) is 0.296. The molecule has 0 spiro atoms. The zero-order valence-corrected chi connectivity index (χ0v) is 18.9. The molecule has 34 heavy (non-hydrogen) atoms. The van der Waals surface area contributed by atoms with Crippen LogP contribution in [0.15, 0.2) is 85.1 Å². The van der Waals surface area contributed by atoms with Gasteiger partial charge in [0.05, 0.1) is 11.3 Å². The number of hydrogen-bond donors (Lipinski definition) is 2. The highest BCUT2D eigenvalue weighted by Gasteiger charge is 2.54. The molecule has 2 saturated heterocycles. The first-order chi connectivity index (χ1) is 16.5. The van der Waals surface area contributed by atoms with Crippen molar-refractivity contribution in [1.29, 1.82) is 0 Å². The van der Waals surface area contributed by atoms with Crippen LogP contribution in [0.25, 0.3) is 0 Å². The Morgan fingerprint density at radius 2 is 1.44 bits per heavy atom. The summed E-state index contributed by atoms with van der Waals surface area (Å²) < 4.78 is 0. The van der Waals surface area contributed by atoms with E-state index in [1.807, 2.05) is 66.7 Å². The zero-order valence-electron chi connectivity index (χ0n) is 18.9. The lowest BCUT2D eigenvalue weighted by Crippen LogP contribution is -2.47. The number of carbonyl (C=O) groups excluding carboxylic acids is 2. The Labute approximate surface area is 199 Å². The number of rotatable bonds is 6. The number of benzene rings is 2. The number of aromatic nitrogens is 1. The number of imide groups is 1. The van der Waals surface area contributed by atoms with Crippen LogP contribution >= 0.6 is 0 Å². The molecular weight excluding hydrogens is 428 g/mol. The van der Waals surface area contributed by atoms with Gasteiger partial charge in [0.2, 0.25) is 0 Å². The third-order valence-corrected chi connectivity index (χ3v) is 7.00. The number of urea groups is 1. The fourth-order valence-corrected chi connectivity index (χ4v) is 4.99. The minimum atomic E-state index is -1.34. The highest BCUT2D eigenvalue weighted by molar-refractivity contribution is 6.09. The highest BCUT2D eigenvalue weighted by Crippen LogP contribution is 2.35. The Kier molecular flexibility index (Phi) is 5.89. The first kappa shape index (κ1) is 22.3. The van der Waals surface area contributed by atoms with Crippen LogP contribution in [0.1, 0.15) is 29.7 Å². The zero-order chi connectivity index (χ0) is 23.6. The summed E-state index contributed by atoms with van der Waals surface area (Å²) in [5, 5.41) is 14.0. The molecule has 3 heterocycles. The lowest BCUT2D eigenvalue weighted by atomic mass is 9.84. The molecule has 3 amide bonds. The normalized spacial score (nSPS) is 22.6. The molecule has 2 N–H and O–H groups in total. The third kappa shape index (κ3) is 3.87. The van der Waals surface area contributed by atoms with E-state index in [1.54, 1.807) is 18.3 Å². The predicted octanol–water partition coefficient (Wildman–Crippen LogP) is 2.86. The molecule has 174 valence electrons. The maximum Gasteiger partial charge on any atom is 0.325 e. The second-order valence-electron chi connectivity index (χ2n) is 8.96. The number of carbonyl (C=O) groups is 2. The van der Waals surface area contributed by atoms with Gasteiger partial charge in [-0.1, -0.05) is 66.7 Å². The molecule has 7 heteroatoms. The Morgan fingerprint density at radius 3 is 2.06 bits per heavy atom. The van der Waals surface area contributed by atoms with Gasteiger partial charge in [0.1, 0.15) is 0 Å². The summed E-state index contributed by atoms with van der Waals surface area (Å²) in [6, 6.07) is 24.0. The summed E-state index contributed by atoms with van der Waals surface area (Å²) in [7, 11) is 0. The molecule has 1 unspecified atom stereocenters. The van der Waals surface area contributed by atoms with Gasteiger partial charge >= 0.3 is 6.03 Å². The van der Waals surface area contributed by atoms with Crippen molar-refractivity contribution in [3.8, 4) is 0 Å². The molecule has 3 aromatic rings. The molecule has 7 nitrogen and oxygen atoms in total. The first-order valence-electron chi connectivity index (χ1n) is 11.6. The van der Waals surface area contributed by atoms with Gasteiger partial charge < -0.3 is 15.3 Å². The quantitative estimate of drug-likeness (QED) is 0.557. The van der Waals surface area contributed by atoms with Crippen molar-refractivity contribution in [2.45, 2.75) is 24.0 Å². The second kappa shape index (κ2) is 9.00. The monoisotopic (exact) mass is 456 g/mol. The van der Waals surface area contributed by atoms with E-state index in [0.717, 1.165) is 5.56 Å². The lowest BCUT2D eigenvalue weighted by Gasteiger charge is -2.38. The van der Waals surface area contributed by atoms with Gasteiger partial charge in [-0.3, -0.25) is 14.7 Å².